The van der Waals surface area contributed by atoms with Crippen LogP contribution < -0.4 is 9.47 Å². The van der Waals surface area contributed by atoms with Gasteiger partial charge in [-0.15, -0.1) is 0 Å². The molecule has 1 aliphatic rings. The number of carbonyl (C=O) groups is 2. The molecule has 0 amide bonds. The third kappa shape index (κ3) is 3.84. The SMILES string of the molecule is COC(=O)c1ccc(/C=C2\C=C(c3cc(OC)ccc3OC)OC2=O)cc1. The minimum Gasteiger partial charge on any atom is -0.497 e. The maximum Gasteiger partial charge on any atom is 0.343 e. The van der Waals surface area contributed by atoms with Crippen LogP contribution in [0.3, 0.4) is 0 Å². The number of cyclic esters (lactones) is 1. The zero-order valence-corrected chi connectivity index (χ0v) is 15.1. The molecule has 1 heterocycles. The van der Waals surface area contributed by atoms with Crippen LogP contribution in [0.5, 0.6) is 11.5 Å². The van der Waals surface area contributed by atoms with Crippen molar-refractivity contribution in [3.05, 3.63) is 70.8 Å². The molecule has 0 N–H and O–H groups in total. The first-order chi connectivity index (χ1) is 13.0. The Balaban J connectivity index is 1.92. The lowest BCUT2D eigenvalue weighted by molar-refractivity contribution is -0.130. The van der Waals surface area contributed by atoms with E-state index in [1.54, 1.807) is 68.8 Å². The number of hydrogen-bond donors (Lipinski definition) is 0. The van der Waals surface area contributed by atoms with Gasteiger partial charge in [0.1, 0.15) is 17.3 Å². The molecule has 0 saturated carbocycles. The smallest absolute Gasteiger partial charge is 0.343 e. The van der Waals surface area contributed by atoms with Crippen LogP contribution in [0.2, 0.25) is 0 Å². The van der Waals surface area contributed by atoms with E-state index in [-0.39, 0.29) is 0 Å². The van der Waals surface area contributed by atoms with Crippen LogP contribution in [-0.2, 0) is 14.3 Å². The third-order valence-corrected chi connectivity index (χ3v) is 4.05. The van der Waals surface area contributed by atoms with Crippen LogP contribution in [0.25, 0.3) is 11.8 Å². The summed E-state index contributed by atoms with van der Waals surface area (Å²) in [7, 11) is 4.43. The van der Waals surface area contributed by atoms with E-state index >= 15 is 0 Å². The van der Waals surface area contributed by atoms with E-state index in [4.69, 9.17) is 14.2 Å². The first-order valence-corrected chi connectivity index (χ1v) is 8.12. The van der Waals surface area contributed by atoms with E-state index in [2.05, 4.69) is 4.74 Å². The average Bonchev–Trinajstić information content (AvgIpc) is 3.07. The molecule has 1 aliphatic heterocycles. The van der Waals surface area contributed by atoms with Crippen molar-refractivity contribution in [2.24, 2.45) is 0 Å². The molecular formula is C21H18O6. The van der Waals surface area contributed by atoms with Crippen molar-refractivity contribution in [1.29, 1.82) is 0 Å². The van der Waals surface area contributed by atoms with Gasteiger partial charge in [-0.05, 0) is 48.0 Å². The Labute approximate surface area is 156 Å². The van der Waals surface area contributed by atoms with E-state index in [1.165, 1.54) is 7.11 Å². The summed E-state index contributed by atoms with van der Waals surface area (Å²) in [5.41, 5.74) is 2.20. The molecular weight excluding hydrogens is 348 g/mol. The molecule has 2 aromatic rings. The first kappa shape index (κ1) is 18.3. The highest BCUT2D eigenvalue weighted by Gasteiger charge is 2.24. The lowest BCUT2D eigenvalue weighted by Gasteiger charge is -2.10. The zero-order chi connectivity index (χ0) is 19.4. The molecule has 0 radical (unpaired) electrons. The second-order valence-corrected chi connectivity index (χ2v) is 5.68. The van der Waals surface area contributed by atoms with Gasteiger partial charge in [0, 0.05) is 0 Å². The van der Waals surface area contributed by atoms with Crippen LogP contribution in [-0.4, -0.2) is 33.3 Å². The fourth-order valence-electron chi connectivity index (χ4n) is 2.64. The summed E-state index contributed by atoms with van der Waals surface area (Å²) in [6.45, 7) is 0. The van der Waals surface area contributed by atoms with E-state index in [1.807, 2.05) is 0 Å². The zero-order valence-electron chi connectivity index (χ0n) is 15.1. The van der Waals surface area contributed by atoms with E-state index in [9.17, 15) is 9.59 Å². The summed E-state index contributed by atoms with van der Waals surface area (Å²) in [4.78, 5) is 23.7. The van der Waals surface area contributed by atoms with Gasteiger partial charge in [0.25, 0.3) is 0 Å². The van der Waals surface area contributed by atoms with Gasteiger partial charge in [0.2, 0.25) is 0 Å². The van der Waals surface area contributed by atoms with Gasteiger partial charge >= 0.3 is 11.9 Å². The predicted octanol–water partition coefficient (Wildman–Crippen LogP) is 3.47. The van der Waals surface area contributed by atoms with Crippen LogP contribution >= 0.6 is 0 Å². The highest BCUT2D eigenvalue weighted by atomic mass is 16.5. The van der Waals surface area contributed by atoms with E-state index in [0.717, 1.165) is 5.56 Å². The molecule has 0 aromatic heterocycles. The Kier molecular flexibility index (Phi) is 5.26. The number of rotatable bonds is 5. The fraction of sp³-hybridized carbons (Fsp3) is 0.143. The Morgan fingerprint density at radius 1 is 1.00 bits per heavy atom. The lowest BCUT2D eigenvalue weighted by Crippen LogP contribution is -2.00. The quantitative estimate of drug-likeness (QED) is 0.596. The topological polar surface area (TPSA) is 71.1 Å². The second-order valence-electron chi connectivity index (χ2n) is 5.68. The van der Waals surface area contributed by atoms with Gasteiger partial charge in [-0.2, -0.15) is 0 Å². The van der Waals surface area contributed by atoms with Crippen molar-refractivity contribution in [1.82, 2.24) is 0 Å². The third-order valence-electron chi connectivity index (χ3n) is 4.05. The summed E-state index contributed by atoms with van der Waals surface area (Å²) in [6.07, 6.45) is 3.33. The van der Waals surface area contributed by atoms with Crippen molar-refractivity contribution >= 4 is 23.8 Å². The van der Waals surface area contributed by atoms with Crippen molar-refractivity contribution in [2.75, 3.05) is 21.3 Å². The highest BCUT2D eigenvalue weighted by Crippen LogP contribution is 2.35. The van der Waals surface area contributed by atoms with Crippen LogP contribution in [0.1, 0.15) is 21.5 Å². The molecule has 138 valence electrons. The predicted molar refractivity (Wildman–Crippen MR) is 99.4 cm³/mol. The van der Waals surface area contributed by atoms with Crippen LogP contribution in [0, 0.1) is 0 Å². The Bertz CT molecular complexity index is 938. The Morgan fingerprint density at radius 2 is 1.74 bits per heavy atom. The Morgan fingerprint density at radius 3 is 2.37 bits per heavy atom. The first-order valence-electron chi connectivity index (χ1n) is 8.12. The summed E-state index contributed by atoms with van der Waals surface area (Å²) in [5, 5.41) is 0. The van der Waals surface area contributed by atoms with Gasteiger partial charge in [-0.25, -0.2) is 9.59 Å². The minimum atomic E-state index is -0.466. The number of hydrogen-bond acceptors (Lipinski definition) is 6. The number of carbonyl (C=O) groups excluding carboxylic acids is 2. The standard InChI is InChI=1S/C21H18O6/c1-24-16-8-9-18(25-2)17(12-16)19-11-15(21(23)27-19)10-13-4-6-14(7-5-13)20(22)26-3/h4-12H,1-3H3/b15-10+. The second kappa shape index (κ2) is 7.78. The van der Waals surface area contributed by atoms with Gasteiger partial charge in [0.05, 0.1) is 38.0 Å². The molecule has 3 rings (SSSR count). The number of methoxy groups -OCH3 is 3. The molecule has 0 fully saturated rings. The molecule has 0 saturated heterocycles. The summed E-state index contributed by atoms with van der Waals surface area (Å²) < 4.78 is 20.6. The highest BCUT2D eigenvalue weighted by molar-refractivity contribution is 6.05. The van der Waals surface area contributed by atoms with Crippen molar-refractivity contribution < 1.29 is 28.5 Å². The number of esters is 2. The van der Waals surface area contributed by atoms with Crippen LogP contribution in [0.15, 0.2) is 54.1 Å². The molecule has 0 aliphatic carbocycles. The summed E-state index contributed by atoms with van der Waals surface area (Å²) in [6, 6.07) is 12.0. The number of ether oxygens (including phenoxy) is 4. The summed E-state index contributed by atoms with van der Waals surface area (Å²) in [5.74, 6) is 0.694. The van der Waals surface area contributed by atoms with Gasteiger partial charge in [-0.1, -0.05) is 12.1 Å². The van der Waals surface area contributed by atoms with E-state index < -0.39 is 11.9 Å². The van der Waals surface area contributed by atoms with Crippen molar-refractivity contribution in [2.45, 2.75) is 0 Å². The van der Waals surface area contributed by atoms with Crippen LogP contribution in [0.4, 0.5) is 0 Å². The largest absolute Gasteiger partial charge is 0.497 e. The van der Waals surface area contributed by atoms with Crippen molar-refractivity contribution in [3.63, 3.8) is 0 Å². The van der Waals surface area contributed by atoms with Crippen molar-refractivity contribution in [3.8, 4) is 11.5 Å². The molecule has 0 bridgehead atoms. The van der Waals surface area contributed by atoms with Gasteiger partial charge in [0.15, 0.2) is 0 Å². The average molecular weight is 366 g/mol. The molecule has 0 atom stereocenters. The monoisotopic (exact) mass is 366 g/mol. The Hall–Kier alpha value is -3.54. The lowest BCUT2D eigenvalue weighted by atomic mass is 10.1. The molecule has 27 heavy (non-hydrogen) atoms. The molecule has 2 aromatic carbocycles. The molecule has 0 spiro atoms. The molecule has 6 heteroatoms. The maximum atomic E-state index is 12.2. The van der Waals surface area contributed by atoms with E-state index in [0.29, 0.717) is 34.0 Å². The van der Waals surface area contributed by atoms with Gasteiger partial charge in [-0.3, -0.25) is 0 Å². The van der Waals surface area contributed by atoms with Gasteiger partial charge < -0.3 is 18.9 Å². The molecule has 0 unspecified atom stereocenters. The minimum absolute atomic E-state index is 0.383. The fourth-order valence-corrected chi connectivity index (χ4v) is 2.64. The number of benzene rings is 2. The maximum absolute atomic E-state index is 12.2. The normalized spacial score (nSPS) is 14.6. The summed E-state index contributed by atoms with van der Waals surface area (Å²) >= 11 is 0. The molecule has 6 nitrogen and oxygen atoms in total.